The molecule has 1 fully saturated rings. The van der Waals surface area contributed by atoms with E-state index < -0.39 is 45.0 Å². The summed E-state index contributed by atoms with van der Waals surface area (Å²) in [6, 6.07) is 27.0. The lowest BCUT2D eigenvalue weighted by atomic mass is 10.2. The number of piperazine rings is 1. The standard InChI is InChI=1S/C36H40N4O6S4/c1-27-5-9-29(10-6-27)39(49(43,44)33-17-13-31(47-3)14-18-33)25-35(41)37-21-23-38(24-22-37)36(42)26-40(30-11-7-28(2)8-12-30)50(45,46)34-19-15-32(48-4)16-20-34/h5-20H,21-26H2,1-4H3. The highest BCUT2D eigenvalue weighted by molar-refractivity contribution is 7.99. The molecule has 4 aromatic rings. The second-order valence-corrected chi connectivity index (χ2v) is 17.3. The van der Waals surface area contributed by atoms with E-state index in [1.807, 2.05) is 26.4 Å². The summed E-state index contributed by atoms with van der Waals surface area (Å²) in [7, 11) is -8.17. The first-order valence-electron chi connectivity index (χ1n) is 15.9. The van der Waals surface area contributed by atoms with E-state index in [9.17, 15) is 26.4 Å². The van der Waals surface area contributed by atoms with E-state index in [0.717, 1.165) is 29.5 Å². The summed E-state index contributed by atoms with van der Waals surface area (Å²) in [6.45, 7) is 3.63. The van der Waals surface area contributed by atoms with Gasteiger partial charge in [0, 0.05) is 36.0 Å². The molecular weight excluding hydrogens is 713 g/mol. The predicted octanol–water partition coefficient (Wildman–Crippen LogP) is 5.51. The number of thioether (sulfide) groups is 2. The van der Waals surface area contributed by atoms with E-state index >= 15 is 0 Å². The van der Waals surface area contributed by atoms with Gasteiger partial charge in [-0.3, -0.25) is 18.2 Å². The van der Waals surface area contributed by atoms with Crippen LogP contribution < -0.4 is 8.61 Å². The van der Waals surface area contributed by atoms with Crippen molar-refractivity contribution in [3.8, 4) is 0 Å². The number of aryl methyl sites for hydroxylation is 2. The summed E-state index contributed by atoms with van der Waals surface area (Å²) in [6.07, 6.45) is 3.81. The zero-order valence-corrected chi connectivity index (χ0v) is 31.6. The van der Waals surface area contributed by atoms with Crippen LogP contribution >= 0.6 is 23.5 Å². The molecule has 264 valence electrons. The first-order valence-corrected chi connectivity index (χ1v) is 21.2. The van der Waals surface area contributed by atoms with Gasteiger partial charge in [0.25, 0.3) is 20.0 Å². The minimum atomic E-state index is -4.09. The van der Waals surface area contributed by atoms with Crippen molar-refractivity contribution >= 4 is 66.8 Å². The number of anilines is 2. The number of sulfonamides is 2. The summed E-state index contributed by atoms with van der Waals surface area (Å²) in [5.74, 6) is -0.806. The lowest BCUT2D eigenvalue weighted by molar-refractivity contribution is -0.137. The van der Waals surface area contributed by atoms with E-state index in [2.05, 4.69) is 0 Å². The van der Waals surface area contributed by atoms with Crippen molar-refractivity contribution in [3.05, 3.63) is 108 Å². The molecule has 5 rings (SSSR count). The maximum absolute atomic E-state index is 13.9. The number of carbonyl (C=O) groups is 2. The van der Waals surface area contributed by atoms with Gasteiger partial charge in [-0.15, -0.1) is 23.5 Å². The Balaban J connectivity index is 1.30. The van der Waals surface area contributed by atoms with Crippen molar-refractivity contribution in [1.29, 1.82) is 0 Å². The van der Waals surface area contributed by atoms with Crippen molar-refractivity contribution < 1.29 is 26.4 Å². The van der Waals surface area contributed by atoms with E-state index in [4.69, 9.17) is 0 Å². The molecule has 0 spiro atoms. The van der Waals surface area contributed by atoms with Crippen molar-refractivity contribution in [2.45, 2.75) is 33.4 Å². The van der Waals surface area contributed by atoms with E-state index in [1.165, 1.54) is 47.8 Å². The fourth-order valence-electron chi connectivity index (χ4n) is 5.45. The molecule has 1 saturated heterocycles. The molecule has 4 aromatic carbocycles. The third-order valence-electron chi connectivity index (χ3n) is 8.48. The number of carbonyl (C=O) groups excluding carboxylic acids is 2. The number of hydrogen-bond acceptors (Lipinski definition) is 8. The molecule has 0 saturated carbocycles. The van der Waals surface area contributed by atoms with E-state index in [1.54, 1.807) is 82.6 Å². The number of hydrogen-bond donors (Lipinski definition) is 0. The summed E-state index contributed by atoms with van der Waals surface area (Å²) in [5.41, 5.74) is 2.63. The molecule has 10 nitrogen and oxygen atoms in total. The van der Waals surface area contributed by atoms with Crippen LogP contribution in [0.15, 0.2) is 117 Å². The molecule has 1 aliphatic rings. The summed E-state index contributed by atoms with van der Waals surface area (Å²) >= 11 is 3.00. The van der Waals surface area contributed by atoms with Gasteiger partial charge in [-0.05, 0) is 99.2 Å². The Morgan fingerprint density at radius 3 is 1.12 bits per heavy atom. The van der Waals surface area contributed by atoms with Gasteiger partial charge in [0.2, 0.25) is 11.8 Å². The van der Waals surface area contributed by atoms with Crippen LogP contribution in [0.25, 0.3) is 0 Å². The van der Waals surface area contributed by atoms with Crippen LogP contribution in [0.1, 0.15) is 11.1 Å². The monoisotopic (exact) mass is 752 g/mol. The first kappa shape index (κ1) is 37.3. The lowest BCUT2D eigenvalue weighted by Crippen LogP contribution is -2.55. The highest BCUT2D eigenvalue weighted by Crippen LogP contribution is 2.28. The van der Waals surface area contributed by atoms with Crippen LogP contribution in [-0.4, -0.2) is 90.2 Å². The third-order valence-corrected chi connectivity index (χ3v) is 13.5. The van der Waals surface area contributed by atoms with Gasteiger partial charge < -0.3 is 9.80 Å². The molecule has 0 atom stereocenters. The lowest BCUT2D eigenvalue weighted by Gasteiger charge is -2.37. The van der Waals surface area contributed by atoms with Crippen LogP contribution in [0.5, 0.6) is 0 Å². The highest BCUT2D eigenvalue weighted by atomic mass is 32.2. The maximum Gasteiger partial charge on any atom is 0.264 e. The molecule has 0 aliphatic carbocycles. The molecule has 2 amide bonds. The van der Waals surface area contributed by atoms with Crippen molar-refractivity contribution in [1.82, 2.24) is 9.80 Å². The molecule has 14 heteroatoms. The molecule has 0 bridgehead atoms. The van der Waals surface area contributed by atoms with Gasteiger partial charge in [-0.2, -0.15) is 0 Å². The molecule has 50 heavy (non-hydrogen) atoms. The zero-order chi connectivity index (χ0) is 36.1. The second-order valence-electron chi connectivity index (χ2n) is 11.8. The van der Waals surface area contributed by atoms with Crippen LogP contribution in [0.4, 0.5) is 11.4 Å². The Bertz CT molecular complexity index is 1870. The second kappa shape index (κ2) is 15.9. The molecule has 0 aromatic heterocycles. The Labute approximate surface area is 303 Å². The number of benzene rings is 4. The average molecular weight is 753 g/mol. The molecule has 1 aliphatic heterocycles. The highest BCUT2D eigenvalue weighted by Gasteiger charge is 2.33. The summed E-state index contributed by atoms with van der Waals surface area (Å²) in [4.78, 5) is 32.4. The SMILES string of the molecule is CSc1ccc(S(=O)(=O)N(CC(=O)N2CCN(C(=O)CN(c3ccc(C)cc3)S(=O)(=O)c3ccc(SC)cc3)CC2)c2ccc(C)cc2)cc1. The number of amides is 2. The van der Waals surface area contributed by atoms with Crippen molar-refractivity contribution in [3.63, 3.8) is 0 Å². The minimum absolute atomic E-state index is 0.0763. The van der Waals surface area contributed by atoms with Gasteiger partial charge in [0.15, 0.2) is 0 Å². The van der Waals surface area contributed by atoms with Crippen LogP contribution in [0.2, 0.25) is 0 Å². The normalized spacial score (nSPS) is 13.6. The summed E-state index contributed by atoms with van der Waals surface area (Å²) < 4.78 is 57.7. The van der Waals surface area contributed by atoms with Crippen LogP contribution in [0, 0.1) is 13.8 Å². The quantitative estimate of drug-likeness (QED) is 0.174. The first-order chi connectivity index (χ1) is 23.8. The Kier molecular flexibility index (Phi) is 11.9. The largest absolute Gasteiger partial charge is 0.338 e. The zero-order valence-electron chi connectivity index (χ0n) is 28.4. The third kappa shape index (κ3) is 8.48. The van der Waals surface area contributed by atoms with E-state index in [-0.39, 0.29) is 36.0 Å². The van der Waals surface area contributed by atoms with E-state index in [0.29, 0.717) is 11.4 Å². The van der Waals surface area contributed by atoms with Gasteiger partial charge in [0.1, 0.15) is 13.1 Å². The molecular formula is C36H40N4O6S4. The molecule has 0 N–H and O–H groups in total. The molecule has 1 heterocycles. The van der Waals surface area contributed by atoms with Gasteiger partial charge in [-0.1, -0.05) is 35.4 Å². The van der Waals surface area contributed by atoms with Gasteiger partial charge in [0.05, 0.1) is 21.2 Å². The topological polar surface area (TPSA) is 115 Å². The number of nitrogens with zero attached hydrogens (tertiary/aromatic N) is 4. The Morgan fingerprint density at radius 1 is 0.540 bits per heavy atom. The van der Waals surface area contributed by atoms with Crippen molar-refractivity contribution in [2.75, 3.05) is 60.4 Å². The molecule has 0 unspecified atom stereocenters. The van der Waals surface area contributed by atoms with Gasteiger partial charge in [-0.25, -0.2) is 16.8 Å². The fraction of sp³-hybridized carbons (Fsp3) is 0.278. The van der Waals surface area contributed by atoms with Crippen LogP contribution in [-0.2, 0) is 29.6 Å². The Hall–Kier alpha value is -3.98. The van der Waals surface area contributed by atoms with Crippen molar-refractivity contribution in [2.24, 2.45) is 0 Å². The number of rotatable bonds is 12. The van der Waals surface area contributed by atoms with Crippen LogP contribution in [0.3, 0.4) is 0 Å². The fourth-order valence-corrected chi connectivity index (χ4v) is 9.10. The van der Waals surface area contributed by atoms with Gasteiger partial charge >= 0.3 is 0 Å². The summed E-state index contributed by atoms with van der Waals surface area (Å²) in [5, 5.41) is 0. The predicted molar refractivity (Wildman–Crippen MR) is 201 cm³/mol. The Morgan fingerprint density at radius 2 is 0.840 bits per heavy atom. The molecule has 0 radical (unpaired) electrons. The smallest absolute Gasteiger partial charge is 0.264 e. The average Bonchev–Trinajstić information content (AvgIpc) is 3.13. The minimum Gasteiger partial charge on any atom is -0.338 e. The maximum atomic E-state index is 13.9.